The molecule has 0 spiro atoms. The minimum Gasteiger partial charge on any atom is -0.497 e. The maximum absolute atomic E-state index is 12.5. The Hall–Kier alpha value is -2.15. The van der Waals surface area contributed by atoms with E-state index >= 15 is 0 Å². The average Bonchev–Trinajstić information content (AvgIpc) is 2.68. The van der Waals surface area contributed by atoms with Gasteiger partial charge in [0.1, 0.15) is 5.75 Å². The van der Waals surface area contributed by atoms with Crippen molar-refractivity contribution >= 4 is 16.1 Å². The predicted octanol–water partition coefficient (Wildman–Crippen LogP) is 2.81. The second kappa shape index (κ2) is 8.49. The van der Waals surface area contributed by atoms with E-state index in [9.17, 15) is 8.42 Å². The van der Waals surface area contributed by atoms with Crippen molar-refractivity contribution in [3.8, 4) is 5.75 Å². The molecule has 0 N–H and O–H groups in total. The first-order valence-electron chi connectivity index (χ1n) is 8.65. The number of hydrogen-bond acceptors (Lipinski definition) is 4. The predicted molar refractivity (Wildman–Crippen MR) is 104 cm³/mol. The number of methoxy groups -OCH3 is 1. The quantitative estimate of drug-likeness (QED) is 0.782. The van der Waals surface area contributed by atoms with Crippen molar-refractivity contribution in [2.45, 2.75) is 6.54 Å². The maximum atomic E-state index is 12.5. The molecule has 0 unspecified atom stereocenters. The molecule has 138 valence electrons. The lowest BCUT2D eigenvalue weighted by Gasteiger charge is -2.33. The number of nitrogens with zero attached hydrogens (tertiary/aromatic N) is 2. The number of piperazine rings is 1. The summed E-state index contributed by atoms with van der Waals surface area (Å²) in [4.78, 5) is 2.27. The van der Waals surface area contributed by atoms with Gasteiger partial charge in [-0.2, -0.15) is 4.31 Å². The summed E-state index contributed by atoms with van der Waals surface area (Å²) >= 11 is 0. The zero-order valence-corrected chi connectivity index (χ0v) is 15.7. The lowest BCUT2D eigenvalue weighted by atomic mass is 10.2. The summed E-state index contributed by atoms with van der Waals surface area (Å²) in [5.41, 5.74) is 2.08. The van der Waals surface area contributed by atoms with E-state index in [2.05, 4.69) is 4.90 Å². The van der Waals surface area contributed by atoms with Crippen LogP contribution in [-0.4, -0.2) is 50.9 Å². The normalized spacial score (nSPS) is 16.8. The highest BCUT2D eigenvalue weighted by molar-refractivity contribution is 7.92. The van der Waals surface area contributed by atoms with Gasteiger partial charge in [0.15, 0.2) is 0 Å². The topological polar surface area (TPSA) is 49.9 Å². The Balaban J connectivity index is 1.54. The molecule has 2 aromatic rings. The first kappa shape index (κ1) is 18.6. The van der Waals surface area contributed by atoms with Crippen LogP contribution in [0.1, 0.15) is 11.1 Å². The number of sulfonamides is 1. The average molecular weight is 372 g/mol. The van der Waals surface area contributed by atoms with Crippen LogP contribution in [0.5, 0.6) is 5.75 Å². The molecule has 1 saturated heterocycles. The van der Waals surface area contributed by atoms with Gasteiger partial charge < -0.3 is 4.74 Å². The first-order valence-corrected chi connectivity index (χ1v) is 10.2. The Bertz CT molecular complexity index is 825. The van der Waals surface area contributed by atoms with Gasteiger partial charge in [-0.05, 0) is 29.3 Å². The molecule has 0 aromatic heterocycles. The van der Waals surface area contributed by atoms with Crippen LogP contribution in [0.4, 0.5) is 0 Å². The smallest absolute Gasteiger partial charge is 0.236 e. The molecular formula is C20H24N2O3S. The molecule has 6 heteroatoms. The fraction of sp³-hybridized carbons (Fsp3) is 0.300. The summed E-state index contributed by atoms with van der Waals surface area (Å²) in [5, 5.41) is 1.31. The van der Waals surface area contributed by atoms with Crippen molar-refractivity contribution in [1.82, 2.24) is 9.21 Å². The molecule has 0 saturated carbocycles. The molecule has 26 heavy (non-hydrogen) atoms. The second-order valence-corrected chi connectivity index (χ2v) is 8.10. The first-order chi connectivity index (χ1) is 12.6. The van der Waals surface area contributed by atoms with Crippen molar-refractivity contribution in [3.05, 3.63) is 71.1 Å². The molecule has 0 atom stereocenters. The largest absolute Gasteiger partial charge is 0.497 e. The number of hydrogen-bond donors (Lipinski definition) is 0. The SMILES string of the molecule is COc1ccc(CN2CCN(S(=O)(=O)/C=C/c3ccccc3)CC2)cc1. The van der Waals surface area contributed by atoms with Gasteiger partial charge in [-0.1, -0.05) is 42.5 Å². The Morgan fingerprint density at radius 1 is 0.962 bits per heavy atom. The van der Waals surface area contributed by atoms with Crippen LogP contribution in [0.3, 0.4) is 0 Å². The molecule has 0 aliphatic carbocycles. The Morgan fingerprint density at radius 2 is 1.62 bits per heavy atom. The van der Waals surface area contributed by atoms with E-state index in [4.69, 9.17) is 4.74 Å². The zero-order chi connectivity index (χ0) is 18.4. The van der Waals surface area contributed by atoms with Crippen molar-refractivity contribution in [1.29, 1.82) is 0 Å². The molecule has 3 rings (SSSR count). The lowest BCUT2D eigenvalue weighted by molar-refractivity contribution is 0.182. The van der Waals surface area contributed by atoms with E-state index in [1.165, 1.54) is 11.0 Å². The van der Waals surface area contributed by atoms with E-state index in [-0.39, 0.29) is 0 Å². The summed E-state index contributed by atoms with van der Waals surface area (Å²) in [5.74, 6) is 0.842. The van der Waals surface area contributed by atoms with Crippen LogP contribution < -0.4 is 4.74 Å². The second-order valence-electron chi connectivity index (χ2n) is 6.28. The van der Waals surface area contributed by atoms with E-state index in [1.807, 2.05) is 54.6 Å². The number of ether oxygens (including phenoxy) is 1. The van der Waals surface area contributed by atoms with E-state index < -0.39 is 10.0 Å². The zero-order valence-electron chi connectivity index (χ0n) is 14.9. The monoisotopic (exact) mass is 372 g/mol. The van der Waals surface area contributed by atoms with E-state index in [0.717, 1.165) is 30.9 Å². The Kier molecular flexibility index (Phi) is 6.08. The third-order valence-electron chi connectivity index (χ3n) is 4.49. The summed E-state index contributed by atoms with van der Waals surface area (Å²) in [7, 11) is -1.72. The molecule has 1 heterocycles. The molecule has 0 bridgehead atoms. The molecule has 1 aliphatic rings. The summed E-state index contributed by atoms with van der Waals surface area (Å²) < 4.78 is 31.7. The highest BCUT2D eigenvalue weighted by atomic mass is 32.2. The number of rotatable bonds is 6. The van der Waals surface area contributed by atoms with Crippen LogP contribution in [0, 0.1) is 0 Å². The van der Waals surface area contributed by atoms with Gasteiger partial charge >= 0.3 is 0 Å². The molecular weight excluding hydrogens is 348 g/mol. The summed E-state index contributed by atoms with van der Waals surface area (Å²) in [6.07, 6.45) is 1.65. The molecule has 1 aliphatic heterocycles. The maximum Gasteiger partial charge on any atom is 0.236 e. The van der Waals surface area contributed by atoms with Crippen LogP contribution in [0.15, 0.2) is 60.0 Å². The van der Waals surface area contributed by atoms with Crippen molar-refractivity contribution in [2.75, 3.05) is 33.3 Å². The van der Waals surface area contributed by atoms with E-state index in [0.29, 0.717) is 13.1 Å². The highest BCUT2D eigenvalue weighted by Crippen LogP contribution is 2.16. The van der Waals surface area contributed by atoms with Crippen LogP contribution in [0.2, 0.25) is 0 Å². The van der Waals surface area contributed by atoms with Crippen molar-refractivity contribution < 1.29 is 13.2 Å². The summed E-state index contributed by atoms with van der Waals surface area (Å²) in [6, 6.07) is 17.5. The van der Waals surface area contributed by atoms with Crippen molar-refractivity contribution in [3.63, 3.8) is 0 Å². The standard InChI is InChI=1S/C20H24N2O3S/c1-25-20-9-7-19(8-10-20)17-21-12-14-22(15-13-21)26(23,24)16-11-18-5-3-2-4-6-18/h2-11,16H,12-15,17H2,1H3/b16-11+. The lowest BCUT2D eigenvalue weighted by Crippen LogP contribution is -2.47. The molecule has 0 amide bonds. The van der Waals surface area contributed by atoms with Crippen LogP contribution in [-0.2, 0) is 16.6 Å². The van der Waals surface area contributed by atoms with Crippen LogP contribution >= 0.6 is 0 Å². The molecule has 5 nitrogen and oxygen atoms in total. The van der Waals surface area contributed by atoms with Gasteiger partial charge in [0.25, 0.3) is 0 Å². The van der Waals surface area contributed by atoms with Gasteiger partial charge in [0, 0.05) is 38.1 Å². The van der Waals surface area contributed by atoms with Gasteiger partial charge in [-0.3, -0.25) is 4.90 Å². The Labute approximate surface area is 155 Å². The molecule has 0 radical (unpaired) electrons. The third kappa shape index (κ3) is 4.94. The fourth-order valence-corrected chi connectivity index (χ4v) is 4.12. The fourth-order valence-electron chi connectivity index (χ4n) is 2.95. The highest BCUT2D eigenvalue weighted by Gasteiger charge is 2.24. The van der Waals surface area contributed by atoms with Crippen LogP contribution in [0.25, 0.3) is 6.08 Å². The van der Waals surface area contributed by atoms with Gasteiger partial charge in [-0.25, -0.2) is 8.42 Å². The van der Waals surface area contributed by atoms with Gasteiger partial charge in [-0.15, -0.1) is 0 Å². The molecule has 1 fully saturated rings. The number of benzene rings is 2. The Morgan fingerprint density at radius 3 is 2.23 bits per heavy atom. The minimum atomic E-state index is -3.38. The summed E-state index contributed by atoms with van der Waals surface area (Å²) in [6.45, 7) is 3.29. The van der Waals surface area contributed by atoms with E-state index in [1.54, 1.807) is 17.5 Å². The third-order valence-corrected chi connectivity index (χ3v) is 6.05. The molecule has 2 aromatic carbocycles. The van der Waals surface area contributed by atoms with Gasteiger partial charge in [0.2, 0.25) is 10.0 Å². The van der Waals surface area contributed by atoms with Crippen molar-refractivity contribution in [2.24, 2.45) is 0 Å². The minimum absolute atomic E-state index is 0.512. The van der Waals surface area contributed by atoms with Gasteiger partial charge in [0.05, 0.1) is 7.11 Å².